The lowest BCUT2D eigenvalue weighted by molar-refractivity contribution is 0.566. The molecule has 1 unspecified atom stereocenters. The number of aromatic nitrogens is 1. The molecule has 0 aliphatic carbocycles. The summed E-state index contributed by atoms with van der Waals surface area (Å²) in [7, 11) is 3.67. The van der Waals surface area contributed by atoms with Gasteiger partial charge in [-0.05, 0) is 0 Å². The van der Waals surface area contributed by atoms with Gasteiger partial charge in [-0.3, -0.25) is 0 Å². The van der Waals surface area contributed by atoms with Crippen LogP contribution in [0.25, 0.3) is 0 Å². The Bertz CT molecular complexity index is 271. The molecule has 0 bridgehead atoms. The van der Waals surface area contributed by atoms with Crippen LogP contribution in [0.4, 0.5) is 5.13 Å². The van der Waals surface area contributed by atoms with Crippen LogP contribution in [0.3, 0.4) is 0 Å². The molecule has 1 heterocycles. The Kier molecular flexibility index (Phi) is 2.58. The van der Waals surface area contributed by atoms with Crippen LogP contribution in [0, 0.1) is 0 Å². The summed E-state index contributed by atoms with van der Waals surface area (Å²) in [5.41, 5.74) is 0. The van der Waals surface area contributed by atoms with E-state index in [9.17, 15) is 4.21 Å². The monoisotopic (exact) mass is 192 g/mol. The molecule has 6 heteroatoms. The minimum Gasteiger partial charge on any atom is -0.354 e. The minimum atomic E-state index is -1.90. The van der Waals surface area contributed by atoms with Crippen LogP contribution in [-0.2, 0) is 11.1 Å². The third-order valence-electron chi connectivity index (χ3n) is 1.03. The van der Waals surface area contributed by atoms with Crippen molar-refractivity contribution in [3.63, 3.8) is 0 Å². The molecule has 0 aliphatic heterocycles. The standard InChI is InChI=1S/C5H8N2O2S2/c1-7(2)5-6-3-4(10-5)11(8)9/h3H,1-2H3,(H,8,9). The van der Waals surface area contributed by atoms with Gasteiger partial charge in [-0.2, -0.15) is 0 Å². The highest BCUT2D eigenvalue weighted by Gasteiger charge is 2.06. The van der Waals surface area contributed by atoms with Crippen molar-refractivity contribution in [2.75, 3.05) is 19.0 Å². The maximum Gasteiger partial charge on any atom is 0.198 e. The van der Waals surface area contributed by atoms with Crippen molar-refractivity contribution in [2.24, 2.45) is 0 Å². The normalized spacial score (nSPS) is 13.0. The number of hydrogen-bond donors (Lipinski definition) is 1. The van der Waals surface area contributed by atoms with E-state index in [0.717, 1.165) is 5.13 Å². The lowest BCUT2D eigenvalue weighted by Crippen LogP contribution is -2.07. The second kappa shape index (κ2) is 3.29. The smallest absolute Gasteiger partial charge is 0.198 e. The summed E-state index contributed by atoms with van der Waals surface area (Å²) in [6.45, 7) is 0. The molecule has 1 atom stereocenters. The van der Waals surface area contributed by atoms with Gasteiger partial charge in [0.05, 0.1) is 6.20 Å². The van der Waals surface area contributed by atoms with Gasteiger partial charge in [0.15, 0.2) is 16.2 Å². The second-order valence-electron chi connectivity index (χ2n) is 2.11. The van der Waals surface area contributed by atoms with Gasteiger partial charge in [-0.25, -0.2) is 9.19 Å². The zero-order chi connectivity index (χ0) is 8.43. The average molecular weight is 192 g/mol. The maximum atomic E-state index is 10.5. The van der Waals surface area contributed by atoms with Gasteiger partial charge >= 0.3 is 0 Å². The van der Waals surface area contributed by atoms with E-state index in [-0.39, 0.29) is 0 Å². The molecule has 62 valence electrons. The van der Waals surface area contributed by atoms with Crippen LogP contribution in [0.1, 0.15) is 0 Å². The molecule has 0 aliphatic rings. The van der Waals surface area contributed by atoms with Crippen LogP contribution in [-0.4, -0.2) is 27.8 Å². The summed E-state index contributed by atoms with van der Waals surface area (Å²) in [5, 5.41) is 0.738. The summed E-state index contributed by atoms with van der Waals surface area (Å²) in [6, 6.07) is 0. The Morgan fingerprint density at radius 3 is 2.64 bits per heavy atom. The van der Waals surface area contributed by atoms with E-state index in [1.54, 1.807) is 4.90 Å². The highest BCUT2D eigenvalue weighted by atomic mass is 32.2. The van der Waals surface area contributed by atoms with Gasteiger partial charge in [0.2, 0.25) is 0 Å². The van der Waals surface area contributed by atoms with Gasteiger partial charge < -0.3 is 9.45 Å². The lowest BCUT2D eigenvalue weighted by Gasteiger charge is -2.04. The third kappa shape index (κ3) is 1.98. The van der Waals surface area contributed by atoms with Crippen molar-refractivity contribution in [1.29, 1.82) is 0 Å². The molecule has 0 fully saturated rings. The molecule has 0 saturated heterocycles. The van der Waals surface area contributed by atoms with E-state index >= 15 is 0 Å². The molecule has 0 spiro atoms. The van der Waals surface area contributed by atoms with Crippen LogP contribution >= 0.6 is 11.3 Å². The van der Waals surface area contributed by atoms with E-state index in [4.69, 9.17) is 4.55 Å². The third-order valence-corrected chi connectivity index (χ3v) is 3.11. The maximum absolute atomic E-state index is 10.5. The molecule has 1 aromatic heterocycles. The number of thiazole rings is 1. The number of anilines is 1. The molecule has 11 heavy (non-hydrogen) atoms. The predicted molar refractivity (Wildman–Crippen MR) is 45.5 cm³/mol. The SMILES string of the molecule is CN(C)c1ncc(S(=O)O)s1. The largest absolute Gasteiger partial charge is 0.354 e. The van der Waals surface area contributed by atoms with Crippen LogP contribution in [0.2, 0.25) is 0 Å². The van der Waals surface area contributed by atoms with Crippen molar-refractivity contribution in [1.82, 2.24) is 4.98 Å². The van der Waals surface area contributed by atoms with Crippen molar-refractivity contribution in [2.45, 2.75) is 4.21 Å². The molecule has 0 saturated carbocycles. The van der Waals surface area contributed by atoms with Crippen LogP contribution in [0.15, 0.2) is 10.4 Å². The first-order chi connectivity index (χ1) is 5.11. The van der Waals surface area contributed by atoms with Crippen molar-refractivity contribution in [3.8, 4) is 0 Å². The molecule has 0 aromatic carbocycles. The molecular formula is C5H8N2O2S2. The quantitative estimate of drug-likeness (QED) is 0.704. The topological polar surface area (TPSA) is 53.4 Å². The zero-order valence-corrected chi connectivity index (χ0v) is 7.78. The first kappa shape index (κ1) is 8.63. The van der Waals surface area contributed by atoms with Crippen molar-refractivity contribution >= 4 is 27.5 Å². The van der Waals surface area contributed by atoms with E-state index in [0.29, 0.717) is 4.21 Å². The summed E-state index contributed by atoms with van der Waals surface area (Å²) < 4.78 is 19.5. The lowest BCUT2D eigenvalue weighted by atomic mass is 10.9. The Labute approximate surface area is 71.2 Å². The van der Waals surface area contributed by atoms with Gasteiger partial charge in [0, 0.05) is 14.1 Å². The second-order valence-corrected chi connectivity index (χ2v) is 4.31. The van der Waals surface area contributed by atoms with E-state index < -0.39 is 11.1 Å². The van der Waals surface area contributed by atoms with Crippen molar-refractivity contribution < 1.29 is 8.76 Å². The molecule has 1 N–H and O–H groups in total. The fourth-order valence-electron chi connectivity index (χ4n) is 0.538. The molecule has 4 nitrogen and oxygen atoms in total. The number of nitrogens with zero attached hydrogens (tertiary/aromatic N) is 2. The Balaban J connectivity index is 2.90. The summed E-state index contributed by atoms with van der Waals surface area (Å²) in [6.07, 6.45) is 1.41. The predicted octanol–water partition coefficient (Wildman–Crippen LogP) is 0.790. The summed E-state index contributed by atoms with van der Waals surface area (Å²) >= 11 is -0.682. The summed E-state index contributed by atoms with van der Waals surface area (Å²) in [4.78, 5) is 5.72. The van der Waals surface area contributed by atoms with Crippen molar-refractivity contribution in [3.05, 3.63) is 6.20 Å². The average Bonchev–Trinajstić information content (AvgIpc) is 2.33. The number of hydrogen-bond acceptors (Lipinski definition) is 4. The first-order valence-corrected chi connectivity index (χ1v) is 4.77. The molecular weight excluding hydrogens is 184 g/mol. The van der Waals surface area contributed by atoms with Gasteiger partial charge in [0.25, 0.3) is 0 Å². The highest BCUT2D eigenvalue weighted by Crippen LogP contribution is 2.22. The fourth-order valence-corrected chi connectivity index (χ4v) is 1.76. The van der Waals surface area contributed by atoms with Crippen LogP contribution in [0.5, 0.6) is 0 Å². The Hall–Kier alpha value is -0.460. The van der Waals surface area contributed by atoms with E-state index in [1.165, 1.54) is 17.5 Å². The van der Waals surface area contributed by atoms with Gasteiger partial charge in [0.1, 0.15) is 4.21 Å². The summed E-state index contributed by atoms with van der Waals surface area (Å²) in [5.74, 6) is 0. The Morgan fingerprint density at radius 2 is 2.36 bits per heavy atom. The van der Waals surface area contributed by atoms with Gasteiger partial charge in [-0.1, -0.05) is 11.3 Å². The molecule has 1 aromatic rings. The fraction of sp³-hybridized carbons (Fsp3) is 0.400. The van der Waals surface area contributed by atoms with Gasteiger partial charge in [-0.15, -0.1) is 0 Å². The number of rotatable bonds is 2. The molecule has 0 amide bonds. The molecule has 0 radical (unpaired) electrons. The van der Waals surface area contributed by atoms with Crippen LogP contribution < -0.4 is 4.90 Å². The Morgan fingerprint density at radius 1 is 1.73 bits per heavy atom. The minimum absolute atomic E-state index is 0.383. The van der Waals surface area contributed by atoms with E-state index in [1.807, 2.05) is 14.1 Å². The first-order valence-electron chi connectivity index (χ1n) is 2.85. The zero-order valence-electron chi connectivity index (χ0n) is 6.14. The van der Waals surface area contributed by atoms with E-state index in [2.05, 4.69) is 4.98 Å². The molecule has 1 rings (SSSR count). The highest BCUT2D eigenvalue weighted by molar-refractivity contribution is 7.81.